The molecule has 3 atom stereocenters. The lowest BCUT2D eigenvalue weighted by Crippen LogP contribution is -2.23. The number of hydrogen-bond donors (Lipinski definition) is 1. The van der Waals surface area contributed by atoms with Crippen molar-refractivity contribution in [2.24, 2.45) is 16.8 Å². The van der Waals surface area contributed by atoms with Gasteiger partial charge < -0.3 is 5.11 Å². The first kappa shape index (κ1) is 11.0. The van der Waals surface area contributed by atoms with E-state index in [1.807, 2.05) is 0 Å². The minimum Gasteiger partial charge on any atom is -0.480 e. The van der Waals surface area contributed by atoms with Crippen LogP contribution in [-0.4, -0.2) is 27.9 Å². The summed E-state index contributed by atoms with van der Waals surface area (Å²) in [6.07, 6.45) is 5.05. The van der Waals surface area contributed by atoms with Gasteiger partial charge in [-0.15, -0.1) is 11.8 Å². The summed E-state index contributed by atoms with van der Waals surface area (Å²) in [6.45, 7) is 2.26. The summed E-state index contributed by atoms with van der Waals surface area (Å²) in [5, 5.41) is 9.98. The Hall–Kier alpha value is -0.510. The van der Waals surface area contributed by atoms with Crippen molar-refractivity contribution < 1.29 is 9.90 Å². The molecular formula is C11H17NO2S. The Bertz CT molecular complexity index is 290. The molecule has 4 heteroatoms. The van der Waals surface area contributed by atoms with Crippen LogP contribution in [0.1, 0.15) is 32.6 Å². The number of thioether (sulfide) groups is 1. The van der Waals surface area contributed by atoms with Gasteiger partial charge in [-0.25, -0.2) is 4.79 Å². The molecule has 0 amide bonds. The molecule has 2 aliphatic rings. The lowest BCUT2D eigenvalue weighted by Gasteiger charge is -2.28. The molecule has 0 bridgehead atoms. The van der Waals surface area contributed by atoms with Crippen LogP contribution >= 0.6 is 11.8 Å². The fourth-order valence-corrected chi connectivity index (χ4v) is 3.72. The van der Waals surface area contributed by atoms with Crippen LogP contribution in [0.2, 0.25) is 0 Å². The summed E-state index contributed by atoms with van der Waals surface area (Å²) >= 11 is 1.66. The van der Waals surface area contributed by atoms with Gasteiger partial charge in [0.1, 0.15) is 0 Å². The molecule has 1 N–H and O–H groups in total. The van der Waals surface area contributed by atoms with Crippen LogP contribution in [0.3, 0.4) is 0 Å². The molecule has 2 rings (SSSR count). The average Bonchev–Trinajstić information content (AvgIpc) is 2.67. The predicted octanol–water partition coefficient (Wildman–Crippen LogP) is 2.41. The minimum atomic E-state index is -0.777. The largest absolute Gasteiger partial charge is 0.480 e. The standard InChI is InChI=1S/C11H17NO2S/c1-7-4-2-3-5-8(7)10-12-9(6-15-10)11(13)14/h7-9H,2-6H2,1H3,(H,13,14). The molecule has 1 saturated carbocycles. The highest BCUT2D eigenvalue weighted by Gasteiger charge is 2.32. The number of aliphatic imine (C=N–C) groups is 1. The minimum absolute atomic E-state index is 0.487. The Morgan fingerprint density at radius 3 is 2.80 bits per heavy atom. The second kappa shape index (κ2) is 4.56. The molecule has 1 aliphatic carbocycles. The lowest BCUT2D eigenvalue weighted by atomic mass is 9.81. The Kier molecular flexibility index (Phi) is 3.34. The zero-order valence-electron chi connectivity index (χ0n) is 8.98. The number of carboxylic acids is 1. The Labute approximate surface area is 94.4 Å². The molecule has 0 aromatic heterocycles. The van der Waals surface area contributed by atoms with Crippen molar-refractivity contribution in [3.8, 4) is 0 Å². The van der Waals surface area contributed by atoms with Crippen molar-refractivity contribution >= 4 is 22.8 Å². The molecule has 1 fully saturated rings. The van der Waals surface area contributed by atoms with Crippen LogP contribution in [0.5, 0.6) is 0 Å². The van der Waals surface area contributed by atoms with Gasteiger partial charge in [0.25, 0.3) is 0 Å². The quantitative estimate of drug-likeness (QED) is 0.788. The maximum absolute atomic E-state index is 10.8. The van der Waals surface area contributed by atoms with Crippen molar-refractivity contribution in [3.05, 3.63) is 0 Å². The normalized spacial score (nSPS) is 36.3. The third-order valence-electron chi connectivity index (χ3n) is 3.39. The Balaban J connectivity index is 2.04. The lowest BCUT2D eigenvalue weighted by molar-refractivity contribution is -0.137. The number of aliphatic carboxylic acids is 1. The number of carboxylic acid groups (broad SMARTS) is 1. The van der Waals surface area contributed by atoms with Gasteiger partial charge in [-0.2, -0.15) is 0 Å². The molecule has 84 valence electrons. The van der Waals surface area contributed by atoms with Crippen molar-refractivity contribution in [2.45, 2.75) is 38.6 Å². The molecule has 0 radical (unpaired) electrons. The highest BCUT2D eigenvalue weighted by atomic mass is 32.2. The molecule has 3 unspecified atom stereocenters. The Morgan fingerprint density at radius 2 is 2.20 bits per heavy atom. The molecule has 0 aromatic rings. The number of carbonyl (C=O) groups is 1. The summed E-state index contributed by atoms with van der Waals surface area (Å²) in [6, 6.07) is -0.487. The van der Waals surface area contributed by atoms with Gasteiger partial charge in [-0.05, 0) is 12.3 Å². The smallest absolute Gasteiger partial charge is 0.329 e. The van der Waals surface area contributed by atoms with Crippen LogP contribution in [0.25, 0.3) is 0 Å². The van der Waals surface area contributed by atoms with Gasteiger partial charge in [-0.3, -0.25) is 4.99 Å². The van der Waals surface area contributed by atoms with Crippen LogP contribution in [-0.2, 0) is 4.79 Å². The van der Waals surface area contributed by atoms with Crippen LogP contribution in [0.15, 0.2) is 4.99 Å². The second-order valence-electron chi connectivity index (χ2n) is 4.50. The molecule has 0 aromatic carbocycles. The van der Waals surface area contributed by atoms with Gasteiger partial charge in [-0.1, -0.05) is 26.2 Å². The van der Waals surface area contributed by atoms with E-state index >= 15 is 0 Å². The van der Waals surface area contributed by atoms with E-state index in [9.17, 15) is 4.79 Å². The highest BCUT2D eigenvalue weighted by molar-refractivity contribution is 8.14. The van der Waals surface area contributed by atoms with E-state index in [0.29, 0.717) is 17.6 Å². The second-order valence-corrected chi connectivity index (χ2v) is 5.54. The topological polar surface area (TPSA) is 49.7 Å². The van der Waals surface area contributed by atoms with Crippen molar-refractivity contribution in [1.29, 1.82) is 0 Å². The first-order chi connectivity index (χ1) is 7.18. The fraction of sp³-hybridized carbons (Fsp3) is 0.818. The van der Waals surface area contributed by atoms with E-state index in [-0.39, 0.29) is 0 Å². The summed E-state index contributed by atoms with van der Waals surface area (Å²) in [7, 11) is 0. The van der Waals surface area contributed by atoms with Gasteiger partial charge in [0.05, 0.1) is 5.04 Å². The van der Waals surface area contributed by atoms with Crippen molar-refractivity contribution in [3.63, 3.8) is 0 Å². The highest BCUT2D eigenvalue weighted by Crippen LogP contribution is 2.36. The van der Waals surface area contributed by atoms with Gasteiger partial charge in [0, 0.05) is 11.7 Å². The molecule has 15 heavy (non-hydrogen) atoms. The summed E-state index contributed by atoms with van der Waals surface area (Å²) in [5.41, 5.74) is 0. The SMILES string of the molecule is CC1CCCCC1C1=NC(C(=O)O)CS1. The van der Waals surface area contributed by atoms with E-state index in [1.54, 1.807) is 11.8 Å². The molecular weight excluding hydrogens is 210 g/mol. The average molecular weight is 227 g/mol. The molecule has 1 aliphatic heterocycles. The van der Waals surface area contributed by atoms with E-state index < -0.39 is 12.0 Å². The molecule has 1 heterocycles. The third kappa shape index (κ3) is 2.36. The van der Waals surface area contributed by atoms with Crippen molar-refractivity contribution in [2.75, 3.05) is 5.75 Å². The van der Waals surface area contributed by atoms with Crippen LogP contribution < -0.4 is 0 Å². The van der Waals surface area contributed by atoms with E-state index in [4.69, 9.17) is 5.11 Å². The number of hydrogen-bond acceptors (Lipinski definition) is 3. The third-order valence-corrected chi connectivity index (χ3v) is 4.57. The number of rotatable bonds is 2. The molecule has 0 spiro atoms. The summed E-state index contributed by atoms with van der Waals surface area (Å²) < 4.78 is 0. The van der Waals surface area contributed by atoms with Gasteiger partial charge in [0.2, 0.25) is 0 Å². The maximum Gasteiger partial charge on any atom is 0.329 e. The van der Waals surface area contributed by atoms with E-state index in [1.165, 1.54) is 25.7 Å². The first-order valence-corrected chi connectivity index (χ1v) is 6.60. The van der Waals surface area contributed by atoms with Crippen LogP contribution in [0.4, 0.5) is 0 Å². The predicted molar refractivity (Wildman–Crippen MR) is 62.4 cm³/mol. The molecule has 3 nitrogen and oxygen atoms in total. The van der Waals surface area contributed by atoms with Crippen LogP contribution in [0, 0.1) is 11.8 Å². The zero-order valence-corrected chi connectivity index (χ0v) is 9.80. The first-order valence-electron chi connectivity index (χ1n) is 5.62. The summed E-state index contributed by atoms with van der Waals surface area (Å²) in [5.74, 6) is 1.07. The van der Waals surface area contributed by atoms with Gasteiger partial charge >= 0.3 is 5.97 Å². The van der Waals surface area contributed by atoms with Gasteiger partial charge in [0.15, 0.2) is 6.04 Å². The zero-order chi connectivity index (χ0) is 10.8. The van der Waals surface area contributed by atoms with E-state index in [2.05, 4.69) is 11.9 Å². The molecule has 0 saturated heterocycles. The fourth-order valence-electron chi connectivity index (χ4n) is 2.40. The monoisotopic (exact) mass is 227 g/mol. The number of nitrogens with zero attached hydrogens (tertiary/aromatic N) is 1. The summed E-state index contributed by atoms with van der Waals surface area (Å²) in [4.78, 5) is 15.1. The maximum atomic E-state index is 10.8. The van der Waals surface area contributed by atoms with Crippen molar-refractivity contribution in [1.82, 2.24) is 0 Å². The Morgan fingerprint density at radius 1 is 1.47 bits per heavy atom. The van der Waals surface area contributed by atoms with E-state index in [0.717, 1.165) is 5.04 Å².